The van der Waals surface area contributed by atoms with Gasteiger partial charge in [-0.1, -0.05) is 60.9 Å². The predicted molar refractivity (Wildman–Crippen MR) is 265 cm³/mol. The van der Waals surface area contributed by atoms with Crippen molar-refractivity contribution >= 4 is 56.0 Å². The summed E-state index contributed by atoms with van der Waals surface area (Å²) in [6, 6.07) is 29.7. The summed E-state index contributed by atoms with van der Waals surface area (Å²) in [7, 11) is -3.84. The lowest BCUT2D eigenvalue weighted by molar-refractivity contribution is -0.123. The molecule has 0 radical (unpaired) electrons. The van der Waals surface area contributed by atoms with Crippen LogP contribution in [0.25, 0.3) is 20.9 Å². The Morgan fingerprint density at radius 1 is 0.750 bits per heavy atom. The molecule has 3 amide bonds. The summed E-state index contributed by atoms with van der Waals surface area (Å²) in [5.41, 5.74) is 19.5. The molecule has 68 heavy (non-hydrogen) atoms. The molecule has 6 rings (SSSR count). The largest absolute Gasteiger partial charge is 0.480 e. The average Bonchev–Trinajstić information content (AvgIpc) is 3.32. The third-order valence-corrected chi connectivity index (χ3v) is 11.8. The molecule has 0 aliphatic heterocycles. The van der Waals surface area contributed by atoms with Gasteiger partial charge in [-0.05, 0) is 136 Å². The quantitative estimate of drug-likeness (QED) is 0.0401. The van der Waals surface area contributed by atoms with Gasteiger partial charge < -0.3 is 15.2 Å². The molecule has 0 fully saturated rings. The number of pyridine rings is 1. The number of unbranched alkanes of at least 4 members (excludes halogenated alkanes) is 1. The van der Waals surface area contributed by atoms with Crippen LogP contribution in [0.4, 0.5) is 28.4 Å². The van der Waals surface area contributed by atoms with E-state index in [-0.39, 0.29) is 44.7 Å². The SMILES string of the molecule is Cc1cccc(C(=O)NNc2cc(C)c(C)cc2-c2ccccn2)c1.[C-]#[N+]c1cc(NNC(=O)c2cc(NC(=O)C(CCCC)Oc3ccc(C)cc3C)ccc2CO)c(S(C)(=O)=O)cc1[N+]#[C-]. The van der Waals surface area contributed by atoms with Crippen molar-refractivity contribution < 1.29 is 32.6 Å². The topological polar surface area (TPSA) is 197 Å². The van der Waals surface area contributed by atoms with Crippen LogP contribution in [0.2, 0.25) is 0 Å². The van der Waals surface area contributed by atoms with Crippen molar-refractivity contribution in [3.63, 3.8) is 0 Å². The van der Waals surface area contributed by atoms with Crippen LogP contribution in [-0.4, -0.2) is 48.6 Å². The molecule has 1 atom stereocenters. The zero-order chi connectivity index (χ0) is 49.5. The van der Waals surface area contributed by atoms with Crippen LogP contribution in [0.5, 0.6) is 5.75 Å². The molecule has 16 heteroatoms. The summed E-state index contributed by atoms with van der Waals surface area (Å²) in [4.78, 5) is 49.4. The lowest BCUT2D eigenvalue weighted by Gasteiger charge is -2.20. The second-order valence-electron chi connectivity index (χ2n) is 16.1. The summed E-state index contributed by atoms with van der Waals surface area (Å²) in [6.07, 6.45) is 4.01. The number of rotatable bonds is 16. The molecule has 6 aromatic rings. The van der Waals surface area contributed by atoms with Gasteiger partial charge in [-0.15, -0.1) is 0 Å². The second kappa shape index (κ2) is 23.4. The molecule has 15 nitrogen and oxygen atoms in total. The number of aliphatic hydroxyl groups excluding tert-OH is 1. The Labute approximate surface area is 397 Å². The number of hydrogen-bond acceptors (Lipinski definition) is 10. The van der Waals surface area contributed by atoms with E-state index in [1.54, 1.807) is 18.3 Å². The zero-order valence-corrected chi connectivity index (χ0v) is 39.8. The van der Waals surface area contributed by atoms with Crippen molar-refractivity contribution in [3.8, 4) is 17.0 Å². The number of hydrazine groups is 2. The highest BCUT2D eigenvalue weighted by Gasteiger charge is 2.23. The first-order valence-electron chi connectivity index (χ1n) is 21.6. The third-order valence-electron chi connectivity index (χ3n) is 10.7. The van der Waals surface area contributed by atoms with E-state index >= 15 is 0 Å². The number of amides is 3. The fourth-order valence-electron chi connectivity index (χ4n) is 6.91. The minimum atomic E-state index is -3.84. The maximum absolute atomic E-state index is 13.3. The number of carbonyl (C=O) groups is 3. The molecule has 0 saturated carbocycles. The molecule has 0 aliphatic rings. The number of aliphatic hydroxyl groups is 1. The number of carbonyl (C=O) groups excluding carboxylic acids is 3. The van der Waals surface area contributed by atoms with Gasteiger partial charge in [0.15, 0.2) is 27.3 Å². The van der Waals surface area contributed by atoms with Crippen LogP contribution in [-0.2, 0) is 21.2 Å². The average molecular weight is 935 g/mol. The molecule has 1 heterocycles. The first-order chi connectivity index (χ1) is 32.4. The lowest BCUT2D eigenvalue weighted by Crippen LogP contribution is -2.34. The van der Waals surface area contributed by atoms with Crippen LogP contribution in [0.3, 0.4) is 0 Å². The molecule has 0 spiro atoms. The number of hydrogen-bond donors (Lipinski definition) is 6. The molecule has 5 aromatic carbocycles. The number of aromatic nitrogens is 1. The van der Waals surface area contributed by atoms with Crippen molar-refractivity contribution in [3.05, 3.63) is 177 Å². The summed E-state index contributed by atoms with van der Waals surface area (Å²) in [6.45, 7) is 26.0. The highest BCUT2D eigenvalue weighted by molar-refractivity contribution is 7.90. The molecule has 6 N–H and O–H groups in total. The number of benzene rings is 5. The number of anilines is 3. The van der Waals surface area contributed by atoms with Gasteiger partial charge in [0.1, 0.15) is 5.75 Å². The first-order valence-corrected chi connectivity index (χ1v) is 23.5. The van der Waals surface area contributed by atoms with Gasteiger partial charge in [0.05, 0.1) is 41.7 Å². The van der Waals surface area contributed by atoms with Crippen molar-refractivity contribution in [1.29, 1.82) is 0 Å². The minimum Gasteiger partial charge on any atom is -0.480 e. The van der Waals surface area contributed by atoms with Gasteiger partial charge in [-0.25, -0.2) is 8.42 Å². The normalized spacial score (nSPS) is 11.1. The van der Waals surface area contributed by atoms with E-state index in [2.05, 4.69) is 54.7 Å². The number of nitrogens with one attached hydrogen (secondary N) is 5. The molecule has 0 saturated heterocycles. The highest BCUT2D eigenvalue weighted by Crippen LogP contribution is 2.36. The second-order valence-corrected chi connectivity index (χ2v) is 18.1. The third kappa shape index (κ3) is 13.5. The maximum atomic E-state index is 13.3. The zero-order valence-electron chi connectivity index (χ0n) is 38.9. The van der Waals surface area contributed by atoms with Crippen molar-refractivity contribution in [1.82, 2.24) is 15.8 Å². The van der Waals surface area contributed by atoms with E-state index in [9.17, 15) is 27.9 Å². The first kappa shape index (κ1) is 50.9. The summed E-state index contributed by atoms with van der Waals surface area (Å²) < 4.78 is 30.8. The van der Waals surface area contributed by atoms with Gasteiger partial charge in [0.2, 0.25) is 0 Å². The van der Waals surface area contributed by atoms with Crippen LogP contribution in [0.1, 0.15) is 80.3 Å². The van der Waals surface area contributed by atoms with Crippen LogP contribution < -0.4 is 31.8 Å². The van der Waals surface area contributed by atoms with Crippen LogP contribution in [0.15, 0.2) is 114 Å². The van der Waals surface area contributed by atoms with E-state index in [1.165, 1.54) is 17.7 Å². The van der Waals surface area contributed by atoms with Gasteiger partial charge in [0, 0.05) is 34.8 Å². The fourth-order valence-corrected chi connectivity index (χ4v) is 7.75. The molecule has 1 unspecified atom stereocenters. The number of ether oxygens (including phenoxy) is 1. The molecular weight excluding hydrogens is 881 g/mol. The van der Waals surface area contributed by atoms with E-state index in [0.29, 0.717) is 17.7 Å². The Balaban J connectivity index is 0.000000291. The molecule has 0 aliphatic carbocycles. The maximum Gasteiger partial charge on any atom is 0.270 e. The van der Waals surface area contributed by atoms with Crippen molar-refractivity contribution in [2.75, 3.05) is 22.4 Å². The van der Waals surface area contributed by atoms with Gasteiger partial charge in [-0.3, -0.25) is 50.8 Å². The molecule has 350 valence electrons. The Kier molecular flexibility index (Phi) is 17.5. The fraction of sp³-hybridized carbons (Fsp3) is 0.231. The smallest absolute Gasteiger partial charge is 0.270 e. The minimum absolute atomic E-state index is 0.0114. The number of nitrogens with zero attached hydrogens (tertiary/aromatic N) is 3. The predicted octanol–water partition coefficient (Wildman–Crippen LogP) is 10.1. The Morgan fingerprint density at radius 3 is 2.09 bits per heavy atom. The lowest BCUT2D eigenvalue weighted by atomic mass is 10.0. The van der Waals surface area contributed by atoms with Crippen molar-refractivity contribution in [2.45, 2.75) is 78.4 Å². The number of aryl methyl sites for hydroxylation is 5. The van der Waals surface area contributed by atoms with Crippen LogP contribution >= 0.6 is 0 Å². The van der Waals surface area contributed by atoms with Gasteiger partial charge in [-0.2, -0.15) is 0 Å². The molecule has 0 bridgehead atoms. The summed E-state index contributed by atoms with van der Waals surface area (Å²) in [5, 5.41) is 12.6. The highest BCUT2D eigenvalue weighted by atomic mass is 32.2. The summed E-state index contributed by atoms with van der Waals surface area (Å²) in [5.74, 6) is -0.719. The van der Waals surface area contributed by atoms with E-state index in [1.807, 2.05) is 95.3 Å². The van der Waals surface area contributed by atoms with Gasteiger partial charge in [0.25, 0.3) is 17.7 Å². The Hall–Kier alpha value is -8.05. The number of sulfone groups is 1. The molecule has 1 aromatic heterocycles. The molecular formula is C52H54N8O7S. The van der Waals surface area contributed by atoms with Crippen LogP contribution in [0, 0.1) is 47.8 Å². The Bertz CT molecular complexity index is 3020. The van der Waals surface area contributed by atoms with Crippen molar-refractivity contribution in [2.24, 2.45) is 0 Å². The van der Waals surface area contributed by atoms with E-state index < -0.39 is 34.4 Å². The monoisotopic (exact) mass is 934 g/mol. The summed E-state index contributed by atoms with van der Waals surface area (Å²) >= 11 is 0. The van der Waals surface area contributed by atoms with Gasteiger partial charge >= 0.3 is 0 Å². The Morgan fingerprint density at radius 2 is 1.44 bits per heavy atom. The standard InChI is InChI=1S/C31H33N5O6S.C21H21N3O/c1-7-8-9-28(42-27-13-10-19(2)14-20(27)3)31(39)34-22-12-11-21(18-37)23(15-22)30(38)36-35-26-16-24(32-4)25(33-5)17-29(26)43(6,40)41;1-14-7-6-8-17(11-14)21(25)24-23-20-13-16(3)15(2)12-18(20)19-9-4-5-10-22-19/h10-17,28,35,37H,7-9,18H2,1-3,6H3,(H,34,39)(H,36,38);4-13,23H,1-3H3,(H,24,25). The van der Waals surface area contributed by atoms with E-state index in [0.717, 1.165) is 70.4 Å². The van der Waals surface area contributed by atoms with E-state index in [4.69, 9.17) is 17.9 Å².